The van der Waals surface area contributed by atoms with Crippen LogP contribution in [0.1, 0.15) is 12.5 Å². The van der Waals surface area contributed by atoms with Crippen molar-refractivity contribution >= 4 is 15.9 Å². The van der Waals surface area contributed by atoms with E-state index in [1.54, 1.807) is 6.92 Å². The summed E-state index contributed by atoms with van der Waals surface area (Å²) < 4.78 is 6.35. The topological polar surface area (TPSA) is 29.5 Å². The molecule has 1 aromatic carbocycles. The van der Waals surface area contributed by atoms with Gasteiger partial charge in [-0.25, -0.2) is 0 Å². The van der Waals surface area contributed by atoms with E-state index in [4.69, 9.17) is 9.84 Å². The van der Waals surface area contributed by atoms with Crippen molar-refractivity contribution in [3.63, 3.8) is 0 Å². The predicted octanol–water partition coefficient (Wildman–Crippen LogP) is 2.52. The average Bonchev–Trinajstić information content (AvgIpc) is 2.07. The third-order valence-electron chi connectivity index (χ3n) is 1.63. The molecule has 1 aromatic rings. The van der Waals surface area contributed by atoms with Crippen LogP contribution in [0, 0.1) is 6.92 Å². The van der Waals surface area contributed by atoms with Gasteiger partial charge in [0.15, 0.2) is 0 Å². The van der Waals surface area contributed by atoms with E-state index in [1.165, 1.54) is 5.56 Å². The minimum absolute atomic E-state index is 0.329. The van der Waals surface area contributed by atoms with Crippen molar-refractivity contribution in [2.75, 3.05) is 6.61 Å². The van der Waals surface area contributed by atoms with Gasteiger partial charge >= 0.3 is 0 Å². The molecule has 0 radical (unpaired) electrons. The first-order valence-corrected chi connectivity index (χ1v) is 4.96. The molecule has 0 aliphatic heterocycles. The second-order valence-corrected chi connectivity index (χ2v) is 3.93. The molecule has 72 valence electrons. The Labute approximate surface area is 86.7 Å². The fraction of sp³-hybridized carbons (Fsp3) is 0.400. The molecule has 0 amide bonds. The third kappa shape index (κ3) is 3.36. The zero-order chi connectivity index (χ0) is 9.84. The standard InChI is InChI=1S/C10H13BrO2/c1-7-3-4-9(5-10(7)11)13-6-8(2)12/h3-5,8,12H,6H2,1-2H3. The van der Waals surface area contributed by atoms with Gasteiger partial charge in [-0.2, -0.15) is 0 Å². The normalized spacial score (nSPS) is 12.6. The van der Waals surface area contributed by atoms with Gasteiger partial charge < -0.3 is 9.84 Å². The molecular formula is C10H13BrO2. The first-order chi connectivity index (χ1) is 6.09. The van der Waals surface area contributed by atoms with E-state index in [1.807, 2.05) is 25.1 Å². The molecule has 0 aliphatic carbocycles. The molecule has 3 heteroatoms. The summed E-state index contributed by atoms with van der Waals surface area (Å²) in [6, 6.07) is 5.77. The summed E-state index contributed by atoms with van der Waals surface area (Å²) in [5, 5.41) is 9.00. The van der Waals surface area contributed by atoms with Gasteiger partial charge in [-0.05, 0) is 31.5 Å². The largest absolute Gasteiger partial charge is 0.491 e. The monoisotopic (exact) mass is 244 g/mol. The van der Waals surface area contributed by atoms with Crippen LogP contribution in [0.3, 0.4) is 0 Å². The van der Waals surface area contributed by atoms with Gasteiger partial charge in [0.25, 0.3) is 0 Å². The van der Waals surface area contributed by atoms with Crippen molar-refractivity contribution in [2.24, 2.45) is 0 Å². The van der Waals surface area contributed by atoms with E-state index in [-0.39, 0.29) is 0 Å². The molecule has 0 spiro atoms. The number of hydrogen-bond acceptors (Lipinski definition) is 2. The number of rotatable bonds is 3. The van der Waals surface area contributed by atoms with Gasteiger partial charge in [0.2, 0.25) is 0 Å². The molecule has 0 saturated heterocycles. The number of benzene rings is 1. The summed E-state index contributed by atoms with van der Waals surface area (Å²) in [4.78, 5) is 0. The zero-order valence-corrected chi connectivity index (χ0v) is 9.34. The number of halogens is 1. The average molecular weight is 245 g/mol. The van der Waals surface area contributed by atoms with Crippen LogP contribution in [0.5, 0.6) is 5.75 Å². The van der Waals surface area contributed by atoms with Crippen LogP contribution in [0.4, 0.5) is 0 Å². The SMILES string of the molecule is Cc1ccc(OCC(C)O)cc1Br. The van der Waals surface area contributed by atoms with Crippen LogP contribution in [-0.4, -0.2) is 17.8 Å². The molecule has 1 N–H and O–H groups in total. The van der Waals surface area contributed by atoms with Crippen molar-refractivity contribution in [3.05, 3.63) is 28.2 Å². The number of aliphatic hydroxyl groups is 1. The Hall–Kier alpha value is -0.540. The molecule has 13 heavy (non-hydrogen) atoms. The van der Waals surface area contributed by atoms with E-state index in [2.05, 4.69) is 15.9 Å². The first-order valence-electron chi connectivity index (χ1n) is 4.16. The molecule has 1 atom stereocenters. The van der Waals surface area contributed by atoms with Gasteiger partial charge in [-0.3, -0.25) is 0 Å². The van der Waals surface area contributed by atoms with Gasteiger partial charge in [0.05, 0.1) is 6.10 Å². The molecular weight excluding hydrogens is 232 g/mol. The quantitative estimate of drug-likeness (QED) is 0.886. The van der Waals surface area contributed by atoms with Gasteiger partial charge in [0.1, 0.15) is 12.4 Å². The molecule has 1 rings (SSSR count). The summed E-state index contributed by atoms with van der Waals surface area (Å²) in [5.41, 5.74) is 1.17. The van der Waals surface area contributed by atoms with Crippen molar-refractivity contribution in [1.82, 2.24) is 0 Å². The molecule has 1 unspecified atom stereocenters. The van der Waals surface area contributed by atoms with E-state index in [0.717, 1.165) is 10.2 Å². The lowest BCUT2D eigenvalue weighted by molar-refractivity contribution is 0.122. The van der Waals surface area contributed by atoms with Crippen LogP contribution in [0.2, 0.25) is 0 Å². The van der Waals surface area contributed by atoms with Crippen LogP contribution in [0.15, 0.2) is 22.7 Å². The van der Waals surface area contributed by atoms with E-state index in [9.17, 15) is 0 Å². The first kappa shape index (κ1) is 10.5. The maximum Gasteiger partial charge on any atom is 0.120 e. The molecule has 0 aliphatic rings. The Morgan fingerprint density at radius 1 is 1.54 bits per heavy atom. The second kappa shape index (κ2) is 4.63. The Bertz CT molecular complexity index is 284. The molecule has 0 aromatic heterocycles. The van der Waals surface area contributed by atoms with Gasteiger partial charge in [0, 0.05) is 4.47 Å². The Kier molecular flexibility index (Phi) is 3.75. The maximum atomic E-state index is 9.00. The predicted molar refractivity (Wildman–Crippen MR) is 56.1 cm³/mol. The summed E-state index contributed by atoms with van der Waals surface area (Å²) in [6.07, 6.45) is -0.430. The number of aryl methyl sites for hydroxylation is 1. The highest BCUT2D eigenvalue weighted by Crippen LogP contribution is 2.22. The lowest BCUT2D eigenvalue weighted by atomic mass is 10.2. The highest BCUT2D eigenvalue weighted by atomic mass is 79.9. The minimum Gasteiger partial charge on any atom is -0.491 e. The van der Waals surface area contributed by atoms with Crippen molar-refractivity contribution in [2.45, 2.75) is 20.0 Å². The Balaban J connectivity index is 2.63. The highest BCUT2D eigenvalue weighted by molar-refractivity contribution is 9.10. The fourth-order valence-electron chi connectivity index (χ4n) is 0.880. The molecule has 0 saturated carbocycles. The second-order valence-electron chi connectivity index (χ2n) is 3.07. The molecule has 2 nitrogen and oxygen atoms in total. The lowest BCUT2D eigenvalue weighted by Crippen LogP contribution is -2.12. The minimum atomic E-state index is -0.430. The van der Waals surface area contributed by atoms with E-state index in [0.29, 0.717) is 6.61 Å². The number of aliphatic hydroxyl groups excluding tert-OH is 1. The Morgan fingerprint density at radius 2 is 2.23 bits per heavy atom. The smallest absolute Gasteiger partial charge is 0.120 e. The van der Waals surface area contributed by atoms with E-state index >= 15 is 0 Å². The van der Waals surface area contributed by atoms with Crippen molar-refractivity contribution < 1.29 is 9.84 Å². The summed E-state index contributed by atoms with van der Waals surface area (Å²) in [5.74, 6) is 0.776. The van der Waals surface area contributed by atoms with Crippen LogP contribution in [0.25, 0.3) is 0 Å². The van der Waals surface area contributed by atoms with Crippen molar-refractivity contribution in [1.29, 1.82) is 0 Å². The summed E-state index contributed by atoms with van der Waals surface area (Å²) in [6.45, 7) is 4.04. The van der Waals surface area contributed by atoms with Gasteiger partial charge in [-0.15, -0.1) is 0 Å². The molecule has 0 bridgehead atoms. The lowest BCUT2D eigenvalue weighted by Gasteiger charge is -2.08. The maximum absolute atomic E-state index is 9.00. The summed E-state index contributed by atoms with van der Waals surface area (Å²) >= 11 is 3.41. The number of ether oxygens (including phenoxy) is 1. The van der Waals surface area contributed by atoms with Crippen LogP contribution in [-0.2, 0) is 0 Å². The number of hydrogen-bond donors (Lipinski definition) is 1. The summed E-state index contributed by atoms with van der Waals surface area (Å²) in [7, 11) is 0. The van der Waals surface area contributed by atoms with Gasteiger partial charge in [-0.1, -0.05) is 22.0 Å². The molecule has 0 fully saturated rings. The zero-order valence-electron chi connectivity index (χ0n) is 7.75. The molecule has 0 heterocycles. The van der Waals surface area contributed by atoms with Crippen LogP contribution >= 0.6 is 15.9 Å². The van der Waals surface area contributed by atoms with Crippen molar-refractivity contribution in [3.8, 4) is 5.75 Å². The third-order valence-corrected chi connectivity index (χ3v) is 2.49. The fourth-order valence-corrected chi connectivity index (χ4v) is 1.24. The Morgan fingerprint density at radius 3 is 2.77 bits per heavy atom. The van der Waals surface area contributed by atoms with E-state index < -0.39 is 6.10 Å². The van der Waals surface area contributed by atoms with Crippen LogP contribution < -0.4 is 4.74 Å². The highest BCUT2D eigenvalue weighted by Gasteiger charge is 2.00.